The van der Waals surface area contributed by atoms with Crippen LogP contribution in [0.4, 0.5) is 0 Å². The molecule has 0 fully saturated rings. The zero-order valence-electron chi connectivity index (χ0n) is 14.2. The average molecular weight is 316 g/mol. The van der Waals surface area contributed by atoms with Crippen molar-refractivity contribution in [2.75, 3.05) is 6.54 Å². The van der Waals surface area contributed by atoms with Crippen LogP contribution >= 0.6 is 0 Å². The van der Waals surface area contributed by atoms with E-state index < -0.39 is 0 Å². The quantitative estimate of drug-likeness (QED) is 0.758. The summed E-state index contributed by atoms with van der Waals surface area (Å²) >= 11 is 0. The van der Waals surface area contributed by atoms with Crippen LogP contribution in [0.2, 0.25) is 0 Å². The summed E-state index contributed by atoms with van der Waals surface area (Å²) in [7, 11) is 0. The van der Waals surface area contributed by atoms with Gasteiger partial charge >= 0.3 is 0 Å². The van der Waals surface area contributed by atoms with E-state index in [0.717, 1.165) is 0 Å². The van der Waals surface area contributed by atoms with Crippen molar-refractivity contribution in [3.63, 3.8) is 0 Å². The van der Waals surface area contributed by atoms with Gasteiger partial charge in [0.1, 0.15) is 0 Å². The number of carbonyl (C=O) groups is 3. The Hall–Kier alpha value is -2.17. The summed E-state index contributed by atoms with van der Waals surface area (Å²) in [6.45, 7) is 8.23. The van der Waals surface area contributed by atoms with Gasteiger partial charge in [0.15, 0.2) is 0 Å². The minimum absolute atomic E-state index is 0.0617. The number of imide groups is 1. The van der Waals surface area contributed by atoms with Gasteiger partial charge in [0, 0.05) is 25.0 Å². The molecule has 3 amide bonds. The van der Waals surface area contributed by atoms with Gasteiger partial charge in [-0.05, 0) is 46.2 Å². The van der Waals surface area contributed by atoms with Crippen LogP contribution in [0.25, 0.3) is 0 Å². The van der Waals surface area contributed by atoms with Gasteiger partial charge in [0.25, 0.3) is 11.8 Å². The Morgan fingerprint density at radius 1 is 1.00 bits per heavy atom. The van der Waals surface area contributed by atoms with E-state index in [-0.39, 0.29) is 36.3 Å². The number of hydrogen-bond acceptors (Lipinski definition) is 3. The zero-order chi connectivity index (χ0) is 17.1. The van der Waals surface area contributed by atoms with Gasteiger partial charge < -0.3 is 4.90 Å². The minimum Gasteiger partial charge on any atom is -0.338 e. The molecular formula is C18H24N2O3. The normalized spacial score (nSPS) is 13.9. The van der Waals surface area contributed by atoms with Gasteiger partial charge in [-0.25, -0.2) is 0 Å². The van der Waals surface area contributed by atoms with Gasteiger partial charge in [0.2, 0.25) is 5.91 Å². The third kappa shape index (κ3) is 3.44. The first-order chi connectivity index (χ1) is 10.8. The van der Waals surface area contributed by atoms with E-state index in [0.29, 0.717) is 24.0 Å². The van der Waals surface area contributed by atoms with Crippen LogP contribution in [0.3, 0.4) is 0 Å². The Labute approximate surface area is 137 Å². The molecule has 23 heavy (non-hydrogen) atoms. The zero-order valence-corrected chi connectivity index (χ0v) is 14.2. The summed E-state index contributed by atoms with van der Waals surface area (Å²) < 4.78 is 0. The van der Waals surface area contributed by atoms with Crippen molar-refractivity contribution in [3.8, 4) is 0 Å². The molecule has 0 N–H and O–H groups in total. The SMILES string of the molecule is CC(C)N(C(=O)CCCN1C(=O)c2ccccc2C1=O)C(C)C. The van der Waals surface area contributed by atoms with Crippen molar-refractivity contribution in [2.24, 2.45) is 0 Å². The summed E-state index contributed by atoms with van der Waals surface area (Å²) in [6.07, 6.45) is 0.823. The van der Waals surface area contributed by atoms with Gasteiger partial charge in [-0.2, -0.15) is 0 Å². The fraction of sp³-hybridized carbons (Fsp3) is 0.500. The van der Waals surface area contributed by atoms with E-state index in [4.69, 9.17) is 0 Å². The van der Waals surface area contributed by atoms with Crippen LogP contribution in [0.1, 0.15) is 61.3 Å². The number of amides is 3. The third-order valence-electron chi connectivity index (χ3n) is 4.05. The second kappa shape index (κ2) is 6.94. The van der Waals surface area contributed by atoms with Crippen molar-refractivity contribution in [2.45, 2.75) is 52.6 Å². The first kappa shape index (κ1) is 17.2. The molecule has 1 aromatic rings. The number of rotatable bonds is 6. The molecule has 0 bridgehead atoms. The van der Waals surface area contributed by atoms with E-state index in [1.165, 1.54) is 4.90 Å². The molecule has 0 aromatic heterocycles. The summed E-state index contributed by atoms with van der Waals surface area (Å²) in [5, 5.41) is 0. The Morgan fingerprint density at radius 3 is 1.91 bits per heavy atom. The Bertz CT molecular complexity index is 579. The number of nitrogens with zero attached hydrogens (tertiary/aromatic N) is 2. The molecule has 1 heterocycles. The van der Waals surface area contributed by atoms with Gasteiger partial charge in [-0.1, -0.05) is 12.1 Å². The highest BCUT2D eigenvalue weighted by molar-refractivity contribution is 6.21. The predicted octanol–water partition coefficient (Wildman–Crippen LogP) is 2.71. The molecular weight excluding hydrogens is 292 g/mol. The molecule has 0 radical (unpaired) electrons. The molecule has 2 rings (SSSR count). The Balaban J connectivity index is 1.94. The molecule has 0 spiro atoms. The molecule has 1 aliphatic heterocycles. The Kier molecular flexibility index (Phi) is 5.19. The fourth-order valence-electron chi connectivity index (χ4n) is 3.13. The van der Waals surface area contributed by atoms with Crippen LogP contribution in [-0.4, -0.2) is 46.1 Å². The topological polar surface area (TPSA) is 57.7 Å². The molecule has 0 unspecified atom stereocenters. The van der Waals surface area contributed by atoms with E-state index in [1.807, 2.05) is 32.6 Å². The number of hydrogen-bond donors (Lipinski definition) is 0. The highest BCUT2D eigenvalue weighted by Gasteiger charge is 2.34. The second-order valence-corrected chi connectivity index (χ2v) is 6.40. The van der Waals surface area contributed by atoms with Crippen LogP contribution in [-0.2, 0) is 4.79 Å². The first-order valence-electron chi connectivity index (χ1n) is 8.11. The predicted molar refractivity (Wildman–Crippen MR) is 88.2 cm³/mol. The Morgan fingerprint density at radius 2 is 1.48 bits per heavy atom. The smallest absolute Gasteiger partial charge is 0.261 e. The van der Waals surface area contributed by atoms with Crippen molar-refractivity contribution in [3.05, 3.63) is 35.4 Å². The van der Waals surface area contributed by atoms with Crippen molar-refractivity contribution < 1.29 is 14.4 Å². The van der Waals surface area contributed by atoms with Crippen LogP contribution < -0.4 is 0 Å². The third-order valence-corrected chi connectivity index (χ3v) is 4.05. The number of benzene rings is 1. The molecule has 0 saturated heterocycles. The number of carbonyl (C=O) groups excluding carboxylic acids is 3. The molecule has 0 saturated carbocycles. The lowest BCUT2D eigenvalue weighted by atomic mass is 10.1. The van der Waals surface area contributed by atoms with Crippen LogP contribution in [0.5, 0.6) is 0 Å². The molecule has 1 aliphatic rings. The first-order valence-corrected chi connectivity index (χ1v) is 8.11. The van der Waals surface area contributed by atoms with Gasteiger partial charge in [-0.3, -0.25) is 19.3 Å². The average Bonchev–Trinajstić information content (AvgIpc) is 2.72. The summed E-state index contributed by atoms with van der Waals surface area (Å²) in [5.41, 5.74) is 0.907. The fourth-order valence-corrected chi connectivity index (χ4v) is 3.13. The van der Waals surface area contributed by atoms with E-state index in [9.17, 15) is 14.4 Å². The van der Waals surface area contributed by atoms with Crippen molar-refractivity contribution in [1.29, 1.82) is 0 Å². The van der Waals surface area contributed by atoms with E-state index >= 15 is 0 Å². The largest absolute Gasteiger partial charge is 0.338 e. The molecule has 0 aliphatic carbocycles. The maximum Gasteiger partial charge on any atom is 0.261 e. The highest BCUT2D eigenvalue weighted by Crippen LogP contribution is 2.22. The summed E-state index contributed by atoms with van der Waals surface area (Å²) in [6, 6.07) is 7.11. The van der Waals surface area contributed by atoms with Crippen LogP contribution in [0, 0.1) is 0 Å². The summed E-state index contributed by atoms with van der Waals surface area (Å²) in [4.78, 5) is 39.9. The van der Waals surface area contributed by atoms with Crippen molar-refractivity contribution >= 4 is 17.7 Å². The lowest BCUT2D eigenvalue weighted by Gasteiger charge is -2.31. The lowest BCUT2D eigenvalue weighted by molar-refractivity contribution is -0.134. The molecule has 5 nitrogen and oxygen atoms in total. The molecule has 124 valence electrons. The number of fused-ring (bicyclic) bond motifs is 1. The monoisotopic (exact) mass is 316 g/mol. The van der Waals surface area contributed by atoms with E-state index in [2.05, 4.69) is 0 Å². The maximum atomic E-state index is 12.3. The van der Waals surface area contributed by atoms with Gasteiger partial charge in [0.05, 0.1) is 11.1 Å². The molecule has 1 aromatic carbocycles. The standard InChI is InChI=1S/C18H24N2O3/c1-12(2)20(13(3)4)16(21)10-7-11-19-17(22)14-8-5-6-9-15(14)18(19)23/h5-6,8-9,12-13H,7,10-11H2,1-4H3. The molecule has 0 atom stereocenters. The van der Waals surface area contributed by atoms with E-state index in [1.54, 1.807) is 24.3 Å². The molecule has 5 heteroatoms. The summed E-state index contributed by atoms with van der Waals surface area (Å²) in [5.74, 6) is -0.461. The highest BCUT2D eigenvalue weighted by atomic mass is 16.2. The van der Waals surface area contributed by atoms with Gasteiger partial charge in [-0.15, -0.1) is 0 Å². The van der Waals surface area contributed by atoms with Crippen LogP contribution in [0.15, 0.2) is 24.3 Å². The maximum absolute atomic E-state index is 12.3. The van der Waals surface area contributed by atoms with Crippen molar-refractivity contribution in [1.82, 2.24) is 9.80 Å². The second-order valence-electron chi connectivity index (χ2n) is 6.40. The minimum atomic E-state index is -0.261. The lowest BCUT2D eigenvalue weighted by Crippen LogP contribution is -2.42.